The van der Waals surface area contributed by atoms with Crippen LogP contribution in [0.4, 0.5) is 0 Å². The van der Waals surface area contributed by atoms with Crippen molar-refractivity contribution in [2.45, 2.75) is 31.7 Å². The van der Waals surface area contributed by atoms with E-state index >= 15 is 0 Å². The maximum Gasteiger partial charge on any atom is 0.00699 e. The molecule has 0 radical (unpaired) electrons. The summed E-state index contributed by atoms with van der Waals surface area (Å²) in [6.45, 7) is 0. The SMILES string of the molecule is NC1CCC[C@@H]2C[C@H]12. The van der Waals surface area contributed by atoms with Crippen LogP contribution in [-0.4, -0.2) is 6.04 Å². The lowest BCUT2D eigenvalue weighted by Crippen LogP contribution is -2.25. The first-order valence-electron chi connectivity index (χ1n) is 3.63. The Morgan fingerprint density at radius 2 is 2.12 bits per heavy atom. The van der Waals surface area contributed by atoms with Crippen molar-refractivity contribution in [2.24, 2.45) is 17.6 Å². The van der Waals surface area contributed by atoms with Gasteiger partial charge in [0.1, 0.15) is 0 Å². The first-order chi connectivity index (χ1) is 3.88. The van der Waals surface area contributed by atoms with Crippen LogP contribution in [0.15, 0.2) is 0 Å². The smallest absolute Gasteiger partial charge is 0.00699 e. The molecule has 2 aliphatic rings. The summed E-state index contributed by atoms with van der Waals surface area (Å²) in [5.41, 5.74) is 5.82. The second kappa shape index (κ2) is 1.47. The number of rotatable bonds is 0. The largest absolute Gasteiger partial charge is 0.327 e. The minimum atomic E-state index is 0.578. The second-order valence-corrected chi connectivity index (χ2v) is 3.25. The Hall–Kier alpha value is -0.0400. The predicted octanol–water partition coefficient (Wildman–Crippen LogP) is 1.13. The molecule has 0 spiro atoms. The highest BCUT2D eigenvalue weighted by Crippen LogP contribution is 2.48. The third-order valence-corrected chi connectivity index (χ3v) is 2.64. The van der Waals surface area contributed by atoms with E-state index in [4.69, 9.17) is 5.73 Å². The van der Waals surface area contributed by atoms with Gasteiger partial charge in [-0.1, -0.05) is 12.8 Å². The molecule has 0 saturated heterocycles. The average Bonchev–Trinajstić information content (AvgIpc) is 2.45. The summed E-state index contributed by atoms with van der Waals surface area (Å²) >= 11 is 0. The summed E-state index contributed by atoms with van der Waals surface area (Å²) in [7, 11) is 0. The Kier molecular flexibility index (Phi) is 0.884. The lowest BCUT2D eigenvalue weighted by Gasteiger charge is -2.15. The van der Waals surface area contributed by atoms with Crippen molar-refractivity contribution in [3.05, 3.63) is 0 Å². The van der Waals surface area contributed by atoms with Crippen molar-refractivity contribution in [2.75, 3.05) is 0 Å². The van der Waals surface area contributed by atoms with Crippen LogP contribution in [0.3, 0.4) is 0 Å². The first-order valence-corrected chi connectivity index (χ1v) is 3.63. The minimum absolute atomic E-state index is 0.578. The standard InChI is InChI=1S/C7H13N/c8-7-3-1-2-5-4-6(5)7/h5-7H,1-4,8H2/t5-,6+,7?/m1/s1. The van der Waals surface area contributed by atoms with Gasteiger partial charge >= 0.3 is 0 Å². The predicted molar refractivity (Wildman–Crippen MR) is 33.4 cm³/mol. The summed E-state index contributed by atoms with van der Waals surface area (Å²) < 4.78 is 0. The van der Waals surface area contributed by atoms with Crippen LogP contribution in [0, 0.1) is 11.8 Å². The van der Waals surface area contributed by atoms with Crippen LogP contribution in [0.25, 0.3) is 0 Å². The summed E-state index contributed by atoms with van der Waals surface area (Å²) in [4.78, 5) is 0. The molecular formula is C7H13N. The maximum absolute atomic E-state index is 5.82. The summed E-state index contributed by atoms with van der Waals surface area (Å²) in [6.07, 6.45) is 5.60. The van der Waals surface area contributed by atoms with Gasteiger partial charge in [0.05, 0.1) is 0 Å². The molecule has 1 nitrogen and oxygen atoms in total. The summed E-state index contributed by atoms with van der Waals surface area (Å²) in [5.74, 6) is 2.00. The van der Waals surface area contributed by atoms with Crippen LogP contribution in [0.5, 0.6) is 0 Å². The second-order valence-electron chi connectivity index (χ2n) is 3.25. The van der Waals surface area contributed by atoms with Crippen molar-refractivity contribution in [3.63, 3.8) is 0 Å². The van der Waals surface area contributed by atoms with Gasteiger partial charge in [-0.2, -0.15) is 0 Å². The van der Waals surface area contributed by atoms with Gasteiger partial charge < -0.3 is 5.73 Å². The number of hydrogen-bond donors (Lipinski definition) is 1. The Balaban J connectivity index is 1.99. The molecule has 2 fully saturated rings. The van der Waals surface area contributed by atoms with Crippen molar-refractivity contribution >= 4 is 0 Å². The molecule has 0 aromatic carbocycles. The van der Waals surface area contributed by atoms with Gasteiger partial charge in [0.2, 0.25) is 0 Å². The van der Waals surface area contributed by atoms with E-state index in [2.05, 4.69) is 0 Å². The van der Waals surface area contributed by atoms with E-state index in [0.29, 0.717) is 6.04 Å². The van der Waals surface area contributed by atoms with E-state index in [1.807, 2.05) is 0 Å². The molecule has 2 N–H and O–H groups in total. The lowest BCUT2D eigenvalue weighted by molar-refractivity contribution is 0.419. The molecule has 1 unspecified atom stereocenters. The summed E-state index contributed by atoms with van der Waals surface area (Å²) in [5, 5.41) is 0. The molecule has 2 saturated carbocycles. The molecule has 46 valence electrons. The van der Waals surface area contributed by atoms with Gasteiger partial charge in [-0.25, -0.2) is 0 Å². The van der Waals surface area contributed by atoms with Crippen molar-refractivity contribution in [1.82, 2.24) is 0 Å². The van der Waals surface area contributed by atoms with Crippen molar-refractivity contribution in [3.8, 4) is 0 Å². The van der Waals surface area contributed by atoms with E-state index in [0.717, 1.165) is 11.8 Å². The molecule has 0 bridgehead atoms. The van der Waals surface area contributed by atoms with Gasteiger partial charge in [0, 0.05) is 6.04 Å². The monoisotopic (exact) mass is 111 g/mol. The fraction of sp³-hybridized carbons (Fsp3) is 1.00. The first kappa shape index (κ1) is 4.80. The van der Waals surface area contributed by atoms with Gasteiger partial charge in [-0.3, -0.25) is 0 Å². The highest BCUT2D eigenvalue weighted by molar-refractivity contribution is 4.96. The van der Waals surface area contributed by atoms with E-state index < -0.39 is 0 Å². The zero-order valence-corrected chi connectivity index (χ0v) is 5.14. The fourth-order valence-corrected chi connectivity index (χ4v) is 1.96. The Morgan fingerprint density at radius 1 is 1.25 bits per heavy atom. The maximum atomic E-state index is 5.82. The fourth-order valence-electron chi connectivity index (χ4n) is 1.96. The van der Waals surface area contributed by atoms with Gasteiger partial charge in [0.25, 0.3) is 0 Å². The van der Waals surface area contributed by atoms with Crippen LogP contribution in [-0.2, 0) is 0 Å². The third kappa shape index (κ3) is 0.576. The molecule has 0 aliphatic heterocycles. The number of fused-ring (bicyclic) bond motifs is 1. The van der Waals surface area contributed by atoms with Gasteiger partial charge in [-0.05, 0) is 24.7 Å². The Morgan fingerprint density at radius 3 is 2.75 bits per heavy atom. The molecule has 8 heavy (non-hydrogen) atoms. The molecule has 2 aliphatic carbocycles. The number of hydrogen-bond acceptors (Lipinski definition) is 1. The van der Waals surface area contributed by atoms with E-state index in [1.54, 1.807) is 0 Å². The minimum Gasteiger partial charge on any atom is -0.327 e. The van der Waals surface area contributed by atoms with Crippen LogP contribution >= 0.6 is 0 Å². The van der Waals surface area contributed by atoms with E-state index in [9.17, 15) is 0 Å². The van der Waals surface area contributed by atoms with Crippen LogP contribution in [0.2, 0.25) is 0 Å². The lowest BCUT2D eigenvalue weighted by atomic mass is 9.96. The molecule has 0 aromatic heterocycles. The molecular weight excluding hydrogens is 98.1 g/mol. The Labute approximate surface area is 50.3 Å². The highest BCUT2D eigenvalue weighted by Gasteiger charge is 2.43. The Bertz CT molecular complexity index is 101. The summed E-state index contributed by atoms with van der Waals surface area (Å²) in [6, 6.07) is 0.578. The van der Waals surface area contributed by atoms with Crippen molar-refractivity contribution < 1.29 is 0 Å². The molecule has 2 rings (SSSR count). The number of nitrogens with two attached hydrogens (primary N) is 1. The molecule has 0 heterocycles. The quantitative estimate of drug-likeness (QED) is 0.498. The van der Waals surface area contributed by atoms with E-state index in [-0.39, 0.29) is 0 Å². The zero-order valence-electron chi connectivity index (χ0n) is 5.14. The van der Waals surface area contributed by atoms with Gasteiger partial charge in [0.15, 0.2) is 0 Å². The zero-order chi connectivity index (χ0) is 5.56. The average molecular weight is 111 g/mol. The van der Waals surface area contributed by atoms with E-state index in [1.165, 1.54) is 25.7 Å². The normalized spacial score (nSPS) is 52.9. The van der Waals surface area contributed by atoms with Gasteiger partial charge in [-0.15, -0.1) is 0 Å². The highest BCUT2D eigenvalue weighted by atomic mass is 14.7. The molecule has 3 atom stereocenters. The molecule has 0 amide bonds. The van der Waals surface area contributed by atoms with Crippen LogP contribution in [0.1, 0.15) is 25.7 Å². The van der Waals surface area contributed by atoms with Crippen molar-refractivity contribution in [1.29, 1.82) is 0 Å². The van der Waals surface area contributed by atoms with Crippen LogP contribution < -0.4 is 5.73 Å². The topological polar surface area (TPSA) is 26.0 Å². The molecule has 1 heteroatoms. The third-order valence-electron chi connectivity index (χ3n) is 2.64. The molecule has 0 aromatic rings.